The number of ether oxygens (including phenoxy) is 2. The minimum Gasteiger partial charge on any atom is -0.506 e. The summed E-state index contributed by atoms with van der Waals surface area (Å²) in [4.78, 5) is 8.29. The fourth-order valence-corrected chi connectivity index (χ4v) is 1.05. The van der Waals surface area contributed by atoms with Gasteiger partial charge >= 0.3 is 6.01 Å². The smallest absolute Gasteiger partial charge is 0.314 e. The summed E-state index contributed by atoms with van der Waals surface area (Å²) >= 11 is 0. The van der Waals surface area contributed by atoms with E-state index in [0.29, 0.717) is 11.9 Å². The SMILES string of the molecule is CCC(C)(C)Oc1[c-]cnc(OC(C)(C)CC)n1.[Ti]. The molecule has 1 rings (SSSR count). The van der Waals surface area contributed by atoms with Crippen molar-refractivity contribution in [2.45, 2.75) is 65.6 Å². The summed E-state index contributed by atoms with van der Waals surface area (Å²) in [6, 6.07) is 3.21. The number of rotatable bonds is 6. The molecule has 0 saturated carbocycles. The van der Waals surface area contributed by atoms with E-state index >= 15 is 0 Å². The first kappa shape index (κ1) is 18.4. The standard InChI is InChI=1S/C14H23N2O2.Ti/c1-7-13(3,4)17-11-9-10-15-12(16-11)18-14(5,6)8-2;/h10H,7-8H2,1-6H3;/q-1;. The summed E-state index contributed by atoms with van der Waals surface area (Å²) in [5.74, 6) is 0.429. The molecule has 0 aromatic carbocycles. The van der Waals surface area contributed by atoms with E-state index in [1.54, 1.807) is 0 Å². The molecule has 0 atom stereocenters. The number of nitrogens with zero attached hydrogens (tertiary/aromatic N) is 2. The van der Waals surface area contributed by atoms with Crippen LogP contribution in [0.2, 0.25) is 0 Å². The van der Waals surface area contributed by atoms with E-state index in [1.807, 2.05) is 27.7 Å². The van der Waals surface area contributed by atoms with Crippen LogP contribution in [-0.2, 0) is 21.7 Å². The maximum absolute atomic E-state index is 5.75. The van der Waals surface area contributed by atoms with Crippen LogP contribution in [-0.4, -0.2) is 21.2 Å². The quantitative estimate of drug-likeness (QED) is 0.596. The van der Waals surface area contributed by atoms with Crippen LogP contribution < -0.4 is 9.47 Å². The Morgan fingerprint density at radius 2 is 1.58 bits per heavy atom. The Labute approximate surface area is 131 Å². The molecule has 0 aliphatic rings. The van der Waals surface area contributed by atoms with E-state index in [-0.39, 0.29) is 32.9 Å². The molecule has 0 radical (unpaired) electrons. The van der Waals surface area contributed by atoms with Crippen molar-refractivity contribution >= 4 is 0 Å². The second kappa shape index (κ2) is 7.25. The van der Waals surface area contributed by atoms with Gasteiger partial charge in [-0.05, 0) is 40.5 Å². The largest absolute Gasteiger partial charge is 0.506 e. The molecular weight excluding hydrogens is 276 g/mol. The van der Waals surface area contributed by atoms with Crippen molar-refractivity contribution < 1.29 is 31.2 Å². The van der Waals surface area contributed by atoms with Crippen molar-refractivity contribution in [2.75, 3.05) is 0 Å². The number of hydrogen-bond acceptors (Lipinski definition) is 4. The van der Waals surface area contributed by atoms with Gasteiger partial charge in [-0.3, -0.25) is 0 Å². The molecule has 106 valence electrons. The molecule has 0 unspecified atom stereocenters. The Hall–Kier alpha value is -0.606. The third kappa shape index (κ3) is 6.39. The average molecular weight is 299 g/mol. The molecule has 0 amide bonds. The average Bonchev–Trinajstić information content (AvgIpc) is 2.28. The molecular formula is C14H23N2O2Ti-. The summed E-state index contributed by atoms with van der Waals surface area (Å²) in [7, 11) is 0. The van der Waals surface area contributed by atoms with Gasteiger partial charge in [-0.1, -0.05) is 13.8 Å². The minimum atomic E-state index is -0.279. The predicted octanol–water partition coefficient (Wildman–Crippen LogP) is 3.41. The first-order valence-corrected chi connectivity index (χ1v) is 6.41. The van der Waals surface area contributed by atoms with Crippen LogP contribution in [0, 0.1) is 6.07 Å². The second-order valence-electron chi connectivity index (χ2n) is 5.53. The van der Waals surface area contributed by atoms with Crippen LogP contribution in [0.5, 0.6) is 11.9 Å². The molecule has 0 fully saturated rings. The number of aromatic nitrogens is 2. The summed E-state index contributed by atoms with van der Waals surface area (Å²) < 4.78 is 11.5. The fourth-order valence-electron chi connectivity index (χ4n) is 1.05. The van der Waals surface area contributed by atoms with Gasteiger partial charge in [-0.15, -0.1) is 6.20 Å². The molecule has 1 heterocycles. The molecule has 0 aliphatic carbocycles. The summed E-state index contributed by atoms with van der Waals surface area (Å²) in [5.41, 5.74) is -0.540. The molecule has 19 heavy (non-hydrogen) atoms. The second-order valence-corrected chi connectivity index (χ2v) is 5.53. The molecule has 0 aliphatic heterocycles. The number of hydrogen-bond donors (Lipinski definition) is 0. The van der Waals surface area contributed by atoms with Crippen molar-refractivity contribution in [3.05, 3.63) is 12.3 Å². The topological polar surface area (TPSA) is 44.2 Å². The van der Waals surface area contributed by atoms with Crippen LogP contribution in [0.3, 0.4) is 0 Å². The van der Waals surface area contributed by atoms with Crippen LogP contribution in [0.25, 0.3) is 0 Å². The van der Waals surface area contributed by atoms with Gasteiger partial charge < -0.3 is 15.5 Å². The van der Waals surface area contributed by atoms with Gasteiger partial charge in [0.25, 0.3) is 0 Å². The van der Waals surface area contributed by atoms with Crippen molar-refractivity contribution in [1.29, 1.82) is 0 Å². The molecule has 1 aromatic rings. The zero-order valence-electron chi connectivity index (χ0n) is 12.7. The van der Waals surface area contributed by atoms with Gasteiger partial charge in [-0.25, -0.2) is 4.98 Å². The third-order valence-corrected chi connectivity index (χ3v) is 3.00. The zero-order valence-corrected chi connectivity index (χ0v) is 14.3. The van der Waals surface area contributed by atoms with Crippen molar-refractivity contribution in [2.24, 2.45) is 0 Å². The molecule has 0 saturated heterocycles. The van der Waals surface area contributed by atoms with Gasteiger partial charge in [0.05, 0.1) is 0 Å². The molecule has 4 nitrogen and oxygen atoms in total. The fraction of sp³-hybridized carbons (Fsp3) is 0.714. The van der Waals surface area contributed by atoms with Crippen molar-refractivity contribution in [1.82, 2.24) is 9.97 Å². The summed E-state index contributed by atoms with van der Waals surface area (Å²) in [6.45, 7) is 12.2. The Morgan fingerprint density at radius 3 is 2.11 bits per heavy atom. The van der Waals surface area contributed by atoms with Crippen LogP contribution in [0.4, 0.5) is 0 Å². The van der Waals surface area contributed by atoms with E-state index in [4.69, 9.17) is 9.47 Å². The predicted molar refractivity (Wildman–Crippen MR) is 70.9 cm³/mol. The van der Waals surface area contributed by atoms with Crippen LogP contribution >= 0.6 is 0 Å². The Morgan fingerprint density at radius 1 is 1.05 bits per heavy atom. The van der Waals surface area contributed by atoms with E-state index < -0.39 is 0 Å². The first-order valence-electron chi connectivity index (χ1n) is 6.41. The van der Waals surface area contributed by atoms with Crippen LogP contribution in [0.1, 0.15) is 54.4 Å². The first-order chi connectivity index (χ1) is 8.28. The van der Waals surface area contributed by atoms with Crippen LogP contribution in [0.15, 0.2) is 6.20 Å². The normalized spacial score (nSPS) is 11.7. The van der Waals surface area contributed by atoms with E-state index in [9.17, 15) is 0 Å². The molecule has 1 aromatic heterocycles. The van der Waals surface area contributed by atoms with Gasteiger partial charge in [0, 0.05) is 27.6 Å². The maximum Gasteiger partial charge on any atom is 0.314 e. The van der Waals surface area contributed by atoms with E-state index in [1.165, 1.54) is 6.20 Å². The van der Waals surface area contributed by atoms with Gasteiger partial charge in [0.15, 0.2) is 0 Å². The monoisotopic (exact) mass is 299 g/mol. The Kier molecular flexibility index (Phi) is 7.02. The Balaban J connectivity index is 0.00000324. The van der Waals surface area contributed by atoms with Gasteiger partial charge in [0.2, 0.25) is 0 Å². The Bertz CT molecular complexity index is 362. The summed E-state index contributed by atoms with van der Waals surface area (Å²) in [5, 5.41) is 0. The third-order valence-electron chi connectivity index (χ3n) is 3.00. The van der Waals surface area contributed by atoms with E-state index in [2.05, 4.69) is 29.9 Å². The van der Waals surface area contributed by atoms with Crippen molar-refractivity contribution in [3.63, 3.8) is 0 Å². The van der Waals surface area contributed by atoms with Crippen molar-refractivity contribution in [3.8, 4) is 11.9 Å². The molecule has 0 spiro atoms. The van der Waals surface area contributed by atoms with Gasteiger partial charge in [0.1, 0.15) is 11.2 Å². The zero-order chi connectivity index (χ0) is 13.8. The molecule has 0 bridgehead atoms. The molecule has 5 heteroatoms. The summed E-state index contributed by atoms with van der Waals surface area (Å²) in [6.07, 6.45) is 3.31. The van der Waals surface area contributed by atoms with E-state index in [0.717, 1.165) is 12.8 Å². The minimum absolute atomic E-state index is 0. The molecule has 0 N–H and O–H groups in total. The maximum atomic E-state index is 5.75. The van der Waals surface area contributed by atoms with Gasteiger partial charge in [-0.2, -0.15) is 4.98 Å².